The minimum Gasteiger partial charge on any atom is -0.423 e. The van der Waals surface area contributed by atoms with E-state index in [9.17, 15) is 13.6 Å². The summed E-state index contributed by atoms with van der Waals surface area (Å²) in [4.78, 5) is 11.7. The van der Waals surface area contributed by atoms with Crippen LogP contribution in [0.25, 0.3) is 0 Å². The van der Waals surface area contributed by atoms with Crippen LogP contribution in [-0.4, -0.2) is 5.97 Å². The van der Waals surface area contributed by atoms with E-state index in [-0.39, 0.29) is 16.3 Å². The topological polar surface area (TPSA) is 26.3 Å². The number of ether oxygens (including phenoxy) is 1. The highest BCUT2D eigenvalue weighted by atomic mass is 35.5. The lowest BCUT2D eigenvalue weighted by Crippen LogP contribution is -2.11. The summed E-state index contributed by atoms with van der Waals surface area (Å²) in [6.45, 7) is 0. The number of benzene rings is 2. The lowest BCUT2D eigenvalue weighted by molar-refractivity contribution is 0.0730. The number of halogens is 3. The van der Waals surface area contributed by atoms with Crippen molar-refractivity contribution >= 4 is 17.6 Å². The molecule has 2 rings (SSSR count). The molecule has 0 radical (unpaired) electrons. The highest BCUT2D eigenvalue weighted by molar-refractivity contribution is 6.33. The maximum Gasteiger partial charge on any atom is 0.348 e. The van der Waals surface area contributed by atoms with E-state index in [1.807, 2.05) is 0 Å². The third kappa shape index (κ3) is 2.65. The summed E-state index contributed by atoms with van der Waals surface area (Å²) in [5, 5.41) is -0.0397. The fraction of sp³-hybridized carbons (Fsp3) is 0. The minimum absolute atomic E-state index is 0.0397. The van der Waals surface area contributed by atoms with Crippen LogP contribution in [0.4, 0.5) is 8.78 Å². The van der Waals surface area contributed by atoms with Crippen molar-refractivity contribution in [1.29, 1.82) is 0 Å². The van der Waals surface area contributed by atoms with Crippen molar-refractivity contribution < 1.29 is 18.3 Å². The molecule has 0 atom stereocenters. The van der Waals surface area contributed by atoms with E-state index in [1.165, 1.54) is 24.3 Å². The summed E-state index contributed by atoms with van der Waals surface area (Å²) in [6, 6.07) is 8.66. The predicted octanol–water partition coefficient (Wildman–Crippen LogP) is 3.84. The van der Waals surface area contributed by atoms with E-state index in [0.717, 1.165) is 18.2 Å². The van der Waals surface area contributed by atoms with Gasteiger partial charge in [0.05, 0.1) is 5.02 Å². The summed E-state index contributed by atoms with van der Waals surface area (Å²) < 4.78 is 31.0. The van der Waals surface area contributed by atoms with Gasteiger partial charge in [0.1, 0.15) is 22.9 Å². The molecule has 92 valence electrons. The van der Waals surface area contributed by atoms with Crippen LogP contribution in [0.15, 0.2) is 42.5 Å². The van der Waals surface area contributed by atoms with Gasteiger partial charge in [0.25, 0.3) is 0 Å². The molecule has 0 unspecified atom stereocenters. The predicted molar refractivity (Wildman–Crippen MR) is 62.8 cm³/mol. The first-order valence-electron chi connectivity index (χ1n) is 4.99. The summed E-state index contributed by atoms with van der Waals surface area (Å²) in [5.74, 6) is -2.04. The van der Waals surface area contributed by atoms with Gasteiger partial charge >= 0.3 is 5.97 Å². The van der Waals surface area contributed by atoms with E-state index in [0.29, 0.717) is 0 Å². The van der Waals surface area contributed by atoms with Gasteiger partial charge in [0.15, 0.2) is 0 Å². The zero-order chi connectivity index (χ0) is 13.1. The first-order chi connectivity index (χ1) is 8.58. The lowest BCUT2D eigenvalue weighted by Gasteiger charge is -2.06. The van der Waals surface area contributed by atoms with Crippen LogP contribution in [-0.2, 0) is 0 Å². The molecule has 0 aliphatic rings. The molecule has 0 N–H and O–H groups in total. The van der Waals surface area contributed by atoms with E-state index < -0.39 is 17.6 Å². The van der Waals surface area contributed by atoms with Gasteiger partial charge in [0, 0.05) is 0 Å². The second kappa shape index (κ2) is 5.14. The van der Waals surface area contributed by atoms with E-state index >= 15 is 0 Å². The molecule has 0 aliphatic heterocycles. The normalized spacial score (nSPS) is 10.2. The van der Waals surface area contributed by atoms with Crippen molar-refractivity contribution in [2.45, 2.75) is 0 Å². The summed E-state index contributed by atoms with van der Waals surface area (Å²) in [7, 11) is 0. The fourth-order valence-electron chi connectivity index (χ4n) is 1.35. The monoisotopic (exact) mass is 268 g/mol. The zero-order valence-electron chi connectivity index (χ0n) is 8.99. The molecule has 5 heteroatoms. The minimum atomic E-state index is -0.926. The maximum atomic E-state index is 13.4. The molecule has 0 bridgehead atoms. The number of esters is 1. The Morgan fingerprint density at radius 1 is 1.06 bits per heavy atom. The van der Waals surface area contributed by atoms with Crippen molar-refractivity contribution in [3.05, 3.63) is 64.7 Å². The van der Waals surface area contributed by atoms with Crippen LogP contribution >= 0.6 is 11.6 Å². The van der Waals surface area contributed by atoms with E-state index in [1.54, 1.807) is 0 Å². The molecule has 0 amide bonds. The second-order valence-corrected chi connectivity index (χ2v) is 3.85. The largest absolute Gasteiger partial charge is 0.423 e. The van der Waals surface area contributed by atoms with Crippen LogP contribution < -0.4 is 4.74 Å². The lowest BCUT2D eigenvalue weighted by atomic mass is 10.2. The van der Waals surface area contributed by atoms with Gasteiger partial charge in [-0.1, -0.05) is 17.7 Å². The third-order valence-corrected chi connectivity index (χ3v) is 2.51. The average molecular weight is 269 g/mol. The first-order valence-corrected chi connectivity index (χ1v) is 5.37. The van der Waals surface area contributed by atoms with Crippen molar-refractivity contribution in [2.24, 2.45) is 0 Å². The van der Waals surface area contributed by atoms with Crippen LogP contribution in [0.3, 0.4) is 0 Å². The molecule has 0 saturated heterocycles. The van der Waals surface area contributed by atoms with Crippen molar-refractivity contribution in [1.82, 2.24) is 0 Å². The summed E-state index contributed by atoms with van der Waals surface area (Å²) in [6.07, 6.45) is 0. The van der Waals surface area contributed by atoms with Crippen LogP contribution in [0.2, 0.25) is 5.02 Å². The van der Waals surface area contributed by atoms with Crippen molar-refractivity contribution in [3.8, 4) is 5.75 Å². The Kier molecular flexibility index (Phi) is 3.58. The van der Waals surface area contributed by atoms with Gasteiger partial charge in [-0.2, -0.15) is 0 Å². The molecule has 0 aromatic heterocycles. The molecule has 2 aromatic rings. The third-order valence-electron chi connectivity index (χ3n) is 2.19. The number of hydrogen-bond donors (Lipinski definition) is 0. The molecule has 2 aromatic carbocycles. The Morgan fingerprint density at radius 2 is 1.72 bits per heavy atom. The Labute approximate surface area is 107 Å². The van der Waals surface area contributed by atoms with Gasteiger partial charge in [-0.05, 0) is 36.4 Å². The van der Waals surface area contributed by atoms with Crippen LogP contribution in [0, 0.1) is 11.6 Å². The molecular weight excluding hydrogens is 262 g/mol. The Morgan fingerprint density at radius 3 is 2.33 bits per heavy atom. The zero-order valence-corrected chi connectivity index (χ0v) is 9.75. The Balaban J connectivity index is 2.25. The van der Waals surface area contributed by atoms with Gasteiger partial charge in [-0.3, -0.25) is 0 Å². The maximum absolute atomic E-state index is 13.4. The Bertz CT molecular complexity index is 562. The van der Waals surface area contributed by atoms with Crippen molar-refractivity contribution in [2.75, 3.05) is 0 Å². The molecule has 0 saturated carbocycles. The number of carbonyl (C=O) groups excluding carboxylic acids is 1. The average Bonchev–Trinajstić information content (AvgIpc) is 2.32. The number of hydrogen-bond acceptors (Lipinski definition) is 2. The second-order valence-electron chi connectivity index (χ2n) is 3.44. The molecule has 2 nitrogen and oxygen atoms in total. The van der Waals surface area contributed by atoms with Gasteiger partial charge in [-0.25, -0.2) is 13.6 Å². The van der Waals surface area contributed by atoms with E-state index in [4.69, 9.17) is 16.3 Å². The molecule has 0 fully saturated rings. The molecule has 0 spiro atoms. The summed E-state index contributed by atoms with van der Waals surface area (Å²) in [5.41, 5.74) is -0.344. The van der Waals surface area contributed by atoms with Crippen LogP contribution in [0.5, 0.6) is 5.75 Å². The standard InChI is InChI=1S/C13H7ClF2O2/c14-10-2-1-3-11(16)12(10)13(17)18-9-6-4-8(15)5-7-9/h1-7H. The van der Waals surface area contributed by atoms with Gasteiger partial charge in [0.2, 0.25) is 0 Å². The van der Waals surface area contributed by atoms with Gasteiger partial charge < -0.3 is 4.74 Å². The molecule has 18 heavy (non-hydrogen) atoms. The smallest absolute Gasteiger partial charge is 0.348 e. The molecule has 0 heterocycles. The molecular formula is C13H7ClF2O2. The van der Waals surface area contributed by atoms with Crippen molar-refractivity contribution in [3.63, 3.8) is 0 Å². The van der Waals surface area contributed by atoms with E-state index in [2.05, 4.69) is 0 Å². The molecule has 0 aliphatic carbocycles. The Hall–Kier alpha value is -1.94. The number of carbonyl (C=O) groups is 1. The highest BCUT2D eigenvalue weighted by Crippen LogP contribution is 2.21. The van der Waals surface area contributed by atoms with Gasteiger partial charge in [-0.15, -0.1) is 0 Å². The fourth-order valence-corrected chi connectivity index (χ4v) is 1.59. The highest BCUT2D eigenvalue weighted by Gasteiger charge is 2.17. The summed E-state index contributed by atoms with van der Waals surface area (Å²) >= 11 is 5.72. The first kappa shape index (κ1) is 12.5. The SMILES string of the molecule is O=C(Oc1ccc(F)cc1)c1c(F)cccc1Cl. The van der Waals surface area contributed by atoms with Crippen LogP contribution in [0.1, 0.15) is 10.4 Å². The quantitative estimate of drug-likeness (QED) is 0.611. The number of rotatable bonds is 2.